The topological polar surface area (TPSA) is 128 Å². The van der Waals surface area contributed by atoms with E-state index < -0.39 is 11.9 Å². The molecule has 0 spiro atoms. The minimum Gasteiger partial charge on any atom is -0.460 e. The van der Waals surface area contributed by atoms with Crippen LogP contribution in [0.25, 0.3) is 0 Å². The highest BCUT2D eigenvalue weighted by atomic mass is 32.2. The summed E-state index contributed by atoms with van der Waals surface area (Å²) in [6, 6.07) is 5.89. The van der Waals surface area contributed by atoms with Gasteiger partial charge in [0.1, 0.15) is 11.5 Å². The number of hydrogen-bond donors (Lipinski definition) is 3. The molecule has 5 rings (SSSR count). The highest BCUT2D eigenvalue weighted by Crippen LogP contribution is 2.62. The van der Waals surface area contributed by atoms with Crippen LogP contribution in [0.15, 0.2) is 47.7 Å². The summed E-state index contributed by atoms with van der Waals surface area (Å²) in [5.41, 5.74) is 3.05. The number of oxime groups is 1. The van der Waals surface area contributed by atoms with E-state index in [2.05, 4.69) is 31.8 Å². The van der Waals surface area contributed by atoms with Gasteiger partial charge in [-0.1, -0.05) is 185 Å². The maximum absolute atomic E-state index is 13.4. The minimum absolute atomic E-state index is 0.0739. The van der Waals surface area contributed by atoms with Gasteiger partial charge >= 0.3 is 6.09 Å². The zero-order chi connectivity index (χ0) is 50.9. The van der Waals surface area contributed by atoms with E-state index in [0.29, 0.717) is 31.9 Å². The summed E-state index contributed by atoms with van der Waals surface area (Å²) < 4.78 is 26.7. The molecular formula is C61H102N2O8S. The summed E-state index contributed by atoms with van der Waals surface area (Å²) in [5, 5.41) is 28.0. The first-order valence-electron chi connectivity index (χ1n) is 29.9. The quantitative estimate of drug-likeness (QED) is 0.0334. The number of fused-ring (bicyclic) bond motifs is 2. The summed E-state index contributed by atoms with van der Waals surface area (Å²) in [6.07, 6.45) is 43.0. The number of carbonyl (C=O) groups excluding carboxylic acids is 1. The van der Waals surface area contributed by atoms with Gasteiger partial charge in [0.05, 0.1) is 30.1 Å². The molecule has 11 heteroatoms. The Bertz CT molecular complexity index is 1680. The summed E-state index contributed by atoms with van der Waals surface area (Å²) in [7, 11) is 0. The summed E-state index contributed by atoms with van der Waals surface area (Å²) in [6.45, 7) is 10.6. The van der Waals surface area contributed by atoms with Crippen molar-refractivity contribution < 1.29 is 38.8 Å². The lowest BCUT2D eigenvalue weighted by atomic mass is 9.56. The number of ether oxygens (including phenoxy) is 4. The average molecular weight is 1020 g/mol. The number of rotatable bonds is 41. The Kier molecular flexibility index (Phi) is 30.5. The molecule has 1 amide bonds. The second kappa shape index (κ2) is 36.4. The van der Waals surface area contributed by atoms with E-state index in [9.17, 15) is 15.0 Å². The monoisotopic (exact) mass is 1020 g/mol. The molecule has 72 heavy (non-hydrogen) atoms. The number of aliphatic hydroxyl groups excluding tert-OH is 2. The van der Waals surface area contributed by atoms with Gasteiger partial charge in [-0.3, -0.25) is 0 Å². The Balaban J connectivity index is 1.36. The Hall–Kier alpha value is -2.57. The molecule has 1 saturated carbocycles. The molecule has 4 aliphatic rings. The lowest BCUT2D eigenvalue weighted by Gasteiger charge is -2.58. The van der Waals surface area contributed by atoms with Crippen molar-refractivity contribution in [2.75, 3.05) is 38.7 Å². The van der Waals surface area contributed by atoms with Crippen molar-refractivity contribution >= 4 is 23.6 Å². The number of nitrogens with one attached hydrogen (secondary N) is 1. The Morgan fingerprint density at radius 2 is 1.40 bits per heavy atom. The van der Waals surface area contributed by atoms with Crippen molar-refractivity contribution in [1.29, 1.82) is 0 Å². The molecule has 2 heterocycles. The molecule has 2 fully saturated rings. The maximum atomic E-state index is 13.4. The second-order valence-electron chi connectivity index (χ2n) is 21.6. The number of aliphatic hydroxyl groups is 2. The number of allylic oxidation sites excluding steroid dienone is 1. The smallest absolute Gasteiger partial charge is 0.412 e. The van der Waals surface area contributed by atoms with Crippen LogP contribution >= 0.6 is 11.8 Å². The molecule has 10 nitrogen and oxygen atoms in total. The molecule has 2 aliphatic carbocycles. The van der Waals surface area contributed by atoms with Crippen molar-refractivity contribution in [3.8, 4) is 11.5 Å². The predicted octanol–water partition coefficient (Wildman–Crippen LogP) is 16.1. The highest BCUT2D eigenvalue weighted by molar-refractivity contribution is 8.00. The van der Waals surface area contributed by atoms with Gasteiger partial charge in [-0.15, -0.1) is 6.58 Å². The van der Waals surface area contributed by atoms with Crippen LogP contribution in [0.1, 0.15) is 244 Å². The zero-order valence-electron chi connectivity index (χ0n) is 45.5. The summed E-state index contributed by atoms with van der Waals surface area (Å²) >= 11 is 1.95. The molecule has 0 radical (unpaired) electrons. The van der Waals surface area contributed by atoms with Gasteiger partial charge in [0, 0.05) is 44.1 Å². The zero-order valence-corrected chi connectivity index (χ0v) is 46.4. The van der Waals surface area contributed by atoms with Gasteiger partial charge in [-0.25, -0.2) is 4.79 Å². The lowest BCUT2D eigenvalue weighted by molar-refractivity contribution is -0.223. The number of thioether (sulfide) groups is 1. The van der Waals surface area contributed by atoms with Crippen molar-refractivity contribution in [2.24, 2.45) is 22.9 Å². The highest BCUT2D eigenvalue weighted by Gasteiger charge is 2.64. The molecule has 0 aromatic heterocycles. The molecule has 410 valence electrons. The third-order valence-electron chi connectivity index (χ3n) is 15.9. The van der Waals surface area contributed by atoms with Crippen molar-refractivity contribution in [3.05, 3.63) is 48.1 Å². The van der Waals surface area contributed by atoms with E-state index in [1.165, 1.54) is 135 Å². The summed E-state index contributed by atoms with van der Waals surface area (Å²) in [5.74, 6) is 1.22. The number of carbonyl (C=O) groups is 1. The number of hydrogen-bond acceptors (Lipinski definition) is 10. The number of unbranched alkanes of at least 4 members (excludes halogenated alkanes) is 24. The van der Waals surface area contributed by atoms with Crippen LogP contribution in [0.4, 0.5) is 4.79 Å². The van der Waals surface area contributed by atoms with Crippen molar-refractivity contribution in [2.45, 2.75) is 255 Å². The SMILES string of the molecule is C=CCO[C@@]12Oc3ccc(OC(=O)NCCCCCCCCCCCC)cc3[C@H]3[C@H](CCCCO)[C@@H](CCCCO)C=C(C(=NOC4CCCCO4)C[C@@H]1SCCCCCCCCCCCCCCCC)[C@H]32. The van der Waals surface area contributed by atoms with Gasteiger partial charge in [-0.2, -0.15) is 11.8 Å². The van der Waals surface area contributed by atoms with Gasteiger partial charge in [0.15, 0.2) is 0 Å². The van der Waals surface area contributed by atoms with Crippen LogP contribution < -0.4 is 14.8 Å². The number of benzene rings is 1. The second-order valence-corrected chi connectivity index (χ2v) is 22.9. The Labute approximate surface area is 442 Å². The molecule has 1 unspecified atom stereocenters. The minimum atomic E-state index is -1.03. The first-order valence-corrected chi connectivity index (χ1v) is 31.0. The number of amides is 1. The Morgan fingerprint density at radius 3 is 2.00 bits per heavy atom. The van der Waals surface area contributed by atoms with E-state index >= 15 is 0 Å². The molecule has 3 N–H and O–H groups in total. The third-order valence-corrected chi connectivity index (χ3v) is 17.3. The third kappa shape index (κ3) is 20.2. The van der Waals surface area contributed by atoms with E-state index in [0.717, 1.165) is 105 Å². The molecule has 7 atom stereocenters. The first-order chi connectivity index (χ1) is 35.5. The van der Waals surface area contributed by atoms with Crippen molar-refractivity contribution in [1.82, 2.24) is 5.32 Å². The van der Waals surface area contributed by atoms with Gasteiger partial charge in [0.25, 0.3) is 0 Å². The van der Waals surface area contributed by atoms with E-state index in [1.807, 2.05) is 36.0 Å². The fraction of sp³-hybridized carbons (Fsp3) is 0.803. The predicted molar refractivity (Wildman–Crippen MR) is 298 cm³/mol. The molecule has 1 saturated heterocycles. The number of nitrogens with zero attached hydrogens (tertiary/aromatic N) is 1. The molecular weight excluding hydrogens is 921 g/mol. The molecule has 0 bridgehead atoms. The molecule has 1 aromatic rings. The fourth-order valence-electron chi connectivity index (χ4n) is 11.9. The van der Waals surface area contributed by atoms with E-state index in [4.69, 9.17) is 28.9 Å². The van der Waals surface area contributed by atoms with E-state index in [-0.39, 0.29) is 48.4 Å². The molecule has 1 aromatic carbocycles. The largest absolute Gasteiger partial charge is 0.460 e. The molecule has 2 aliphatic heterocycles. The van der Waals surface area contributed by atoms with Crippen molar-refractivity contribution in [3.63, 3.8) is 0 Å². The maximum Gasteiger partial charge on any atom is 0.412 e. The van der Waals surface area contributed by atoms with E-state index in [1.54, 1.807) is 0 Å². The van der Waals surface area contributed by atoms with Gasteiger partial charge in [-0.05, 0) is 92.7 Å². The lowest BCUT2D eigenvalue weighted by Crippen LogP contribution is -2.64. The van der Waals surface area contributed by atoms with Gasteiger partial charge in [0.2, 0.25) is 12.1 Å². The standard InChI is InChI=1S/C61H102N2O8S/c1-4-7-9-11-13-15-17-18-19-20-22-24-26-34-45-72-56-48-54(63-71-57-37-29-33-44-67-57)52-46-49(35-27-31-41-64)51(36-28-32-42-65)58-53-47-50(38-39-55(53)70-61(56,59(52)58)68-43-6-3)69-60(66)62-40-30-25-23-21-16-14-12-10-8-5-2/h6,38-39,46-47,49,51,56-59,64-65H,3-5,7-37,40-45,48H2,1-2H3,(H,62,66)/t49-,51+,56-,57?,58+,59+,61+/m0/s1. The summed E-state index contributed by atoms with van der Waals surface area (Å²) in [4.78, 5) is 19.7. The fourth-order valence-corrected chi connectivity index (χ4v) is 13.4. The van der Waals surface area contributed by atoms with Crippen LogP contribution in [-0.2, 0) is 14.3 Å². The van der Waals surface area contributed by atoms with Crippen LogP contribution in [0.2, 0.25) is 0 Å². The van der Waals surface area contributed by atoms with Crippen LogP contribution in [-0.4, -0.2) is 78.1 Å². The van der Waals surface area contributed by atoms with Gasteiger partial charge < -0.3 is 39.3 Å². The van der Waals surface area contributed by atoms with Crippen LogP contribution in [0.5, 0.6) is 11.5 Å². The first kappa shape index (κ1) is 60.3. The van der Waals surface area contributed by atoms with Crippen LogP contribution in [0.3, 0.4) is 0 Å². The normalized spacial score (nSPS) is 24.0. The van der Waals surface area contributed by atoms with Crippen LogP contribution in [0, 0.1) is 17.8 Å². The Morgan fingerprint density at radius 1 is 0.792 bits per heavy atom. The average Bonchev–Trinajstić information content (AvgIpc) is 3.39.